The standard InChI is InChI=1S/C22H31ClFN3O5S/c1-31-11-19-25-16(12-33-19)20(30)27-21-4-6-22(7-5-21,17(28)9-21)26-18(29)10-32-13-2-3-14(23)15(24)8-13/h2-3,8,16-17,19-20,25,27-28,30H,4-7,9-12H2,1H3,(H,26,29)/t16?,17-,19?,20?,21?,22?/m0/s1. The molecular weight excluding hydrogens is 473 g/mol. The van der Waals surface area contributed by atoms with Gasteiger partial charge in [-0.25, -0.2) is 4.39 Å². The average molecular weight is 504 g/mol. The number of amides is 1. The zero-order chi connectivity index (χ0) is 23.6. The first kappa shape index (κ1) is 25.0. The average Bonchev–Trinajstić information content (AvgIpc) is 3.25. The molecule has 3 saturated carbocycles. The predicted octanol–water partition coefficient (Wildman–Crippen LogP) is 1.38. The third-order valence-corrected chi connectivity index (χ3v) is 8.53. The van der Waals surface area contributed by atoms with Crippen molar-refractivity contribution in [3.8, 4) is 5.75 Å². The van der Waals surface area contributed by atoms with Gasteiger partial charge in [0.2, 0.25) is 0 Å². The maximum absolute atomic E-state index is 13.5. The van der Waals surface area contributed by atoms with E-state index >= 15 is 0 Å². The molecule has 4 fully saturated rings. The van der Waals surface area contributed by atoms with Gasteiger partial charge in [-0.15, -0.1) is 11.8 Å². The van der Waals surface area contributed by atoms with Crippen molar-refractivity contribution in [2.45, 2.75) is 66.9 Å². The van der Waals surface area contributed by atoms with Crippen LogP contribution in [0.25, 0.3) is 0 Å². The summed E-state index contributed by atoms with van der Waals surface area (Å²) in [6.45, 7) is 0.294. The Labute approximate surface area is 201 Å². The van der Waals surface area contributed by atoms with E-state index in [1.54, 1.807) is 18.9 Å². The van der Waals surface area contributed by atoms with E-state index in [9.17, 15) is 19.4 Å². The fourth-order valence-corrected chi connectivity index (χ4v) is 6.46. The van der Waals surface area contributed by atoms with Gasteiger partial charge in [0, 0.05) is 24.5 Å². The lowest BCUT2D eigenvalue weighted by molar-refractivity contribution is -0.133. The van der Waals surface area contributed by atoms with Crippen LogP contribution in [-0.2, 0) is 9.53 Å². The van der Waals surface area contributed by atoms with Crippen molar-refractivity contribution in [3.63, 3.8) is 0 Å². The number of aliphatic hydroxyl groups is 2. The molecule has 0 aromatic heterocycles. The van der Waals surface area contributed by atoms with E-state index in [1.807, 2.05) is 0 Å². The Morgan fingerprint density at radius 3 is 2.82 bits per heavy atom. The number of ether oxygens (including phenoxy) is 2. The molecular formula is C22H31ClFN3O5S. The highest BCUT2D eigenvalue weighted by atomic mass is 35.5. The lowest BCUT2D eigenvalue weighted by atomic mass is 9.59. The Hall–Kier alpha value is -1.14. The lowest BCUT2D eigenvalue weighted by Crippen LogP contribution is -2.71. The molecule has 3 aliphatic carbocycles. The molecule has 1 heterocycles. The van der Waals surface area contributed by atoms with Crippen LogP contribution < -0.4 is 20.7 Å². The highest BCUT2D eigenvalue weighted by Crippen LogP contribution is 2.47. The van der Waals surface area contributed by atoms with Crippen LogP contribution in [0.15, 0.2) is 18.2 Å². The molecule has 0 spiro atoms. The Morgan fingerprint density at radius 1 is 1.39 bits per heavy atom. The van der Waals surface area contributed by atoms with Gasteiger partial charge in [-0.3, -0.25) is 15.4 Å². The molecule has 5 N–H and O–H groups in total. The quantitative estimate of drug-likeness (QED) is 0.321. The van der Waals surface area contributed by atoms with Gasteiger partial charge in [-0.1, -0.05) is 11.6 Å². The summed E-state index contributed by atoms with van der Waals surface area (Å²) in [7, 11) is 1.66. The molecule has 11 heteroatoms. The third-order valence-electron chi connectivity index (χ3n) is 7.00. The van der Waals surface area contributed by atoms with E-state index in [4.69, 9.17) is 21.1 Å². The van der Waals surface area contributed by atoms with Crippen LogP contribution in [0.5, 0.6) is 5.75 Å². The molecule has 3 unspecified atom stereocenters. The highest BCUT2D eigenvalue weighted by Gasteiger charge is 2.55. The Kier molecular flexibility index (Phi) is 7.74. The highest BCUT2D eigenvalue weighted by molar-refractivity contribution is 8.00. The Balaban J connectivity index is 1.29. The molecule has 1 aliphatic heterocycles. The summed E-state index contributed by atoms with van der Waals surface area (Å²) in [5.74, 6) is -0.00259. The normalized spacial score (nSPS) is 34.3. The number of hydrogen-bond donors (Lipinski definition) is 5. The van der Waals surface area contributed by atoms with E-state index in [0.717, 1.165) is 24.7 Å². The van der Waals surface area contributed by atoms with Crippen molar-refractivity contribution >= 4 is 29.3 Å². The van der Waals surface area contributed by atoms with Crippen LogP contribution in [0.4, 0.5) is 4.39 Å². The van der Waals surface area contributed by atoms with Crippen LogP contribution in [0, 0.1) is 5.82 Å². The van der Waals surface area contributed by atoms with Crippen molar-refractivity contribution in [1.29, 1.82) is 0 Å². The molecule has 4 aliphatic rings. The number of methoxy groups -OCH3 is 1. The van der Waals surface area contributed by atoms with Crippen molar-refractivity contribution in [1.82, 2.24) is 16.0 Å². The molecule has 1 aromatic rings. The molecule has 1 amide bonds. The number of aliphatic hydroxyl groups excluding tert-OH is 2. The van der Waals surface area contributed by atoms with Gasteiger partial charge in [-0.2, -0.15) is 0 Å². The van der Waals surface area contributed by atoms with E-state index in [-0.39, 0.29) is 40.2 Å². The second kappa shape index (κ2) is 10.2. The molecule has 5 rings (SSSR count). The van der Waals surface area contributed by atoms with Crippen molar-refractivity contribution in [3.05, 3.63) is 29.0 Å². The second-order valence-corrected chi connectivity index (χ2v) is 10.9. The minimum atomic E-state index is -0.747. The summed E-state index contributed by atoms with van der Waals surface area (Å²) >= 11 is 7.38. The first-order valence-electron chi connectivity index (χ1n) is 11.1. The smallest absolute Gasteiger partial charge is 0.258 e. The number of carbonyl (C=O) groups excluding carboxylic acids is 1. The molecule has 1 aromatic carbocycles. The van der Waals surface area contributed by atoms with Gasteiger partial charge in [-0.05, 0) is 44.2 Å². The second-order valence-electron chi connectivity index (χ2n) is 9.21. The fraction of sp³-hybridized carbons (Fsp3) is 0.682. The largest absolute Gasteiger partial charge is 0.484 e. The SMILES string of the molecule is COCC1NC(C(O)NC23CCC(NC(=O)COc4ccc(Cl)c(F)c4)(CC2)[C@@H](O)C3)CS1. The summed E-state index contributed by atoms with van der Waals surface area (Å²) in [5.41, 5.74) is -1.08. The van der Waals surface area contributed by atoms with E-state index in [1.165, 1.54) is 12.1 Å². The number of carbonyl (C=O) groups is 1. The van der Waals surface area contributed by atoms with Crippen molar-refractivity contribution in [2.24, 2.45) is 0 Å². The fourth-order valence-electron chi connectivity index (χ4n) is 5.12. The summed E-state index contributed by atoms with van der Waals surface area (Å²) in [6, 6.07) is 3.90. The van der Waals surface area contributed by atoms with Crippen LogP contribution in [0.3, 0.4) is 0 Å². The first-order valence-corrected chi connectivity index (χ1v) is 12.6. The number of halogens is 2. The number of thioether (sulfide) groups is 1. The maximum Gasteiger partial charge on any atom is 0.258 e. The van der Waals surface area contributed by atoms with Gasteiger partial charge < -0.3 is 25.0 Å². The van der Waals surface area contributed by atoms with Gasteiger partial charge in [0.1, 0.15) is 17.8 Å². The summed E-state index contributed by atoms with van der Waals surface area (Å²) in [5, 5.41) is 31.6. The molecule has 184 valence electrons. The first-order chi connectivity index (χ1) is 15.7. The molecule has 8 nitrogen and oxygen atoms in total. The molecule has 0 radical (unpaired) electrons. The summed E-state index contributed by atoms with van der Waals surface area (Å²) in [4.78, 5) is 12.5. The van der Waals surface area contributed by atoms with E-state index in [2.05, 4.69) is 16.0 Å². The van der Waals surface area contributed by atoms with E-state index in [0.29, 0.717) is 25.9 Å². The van der Waals surface area contributed by atoms with Crippen molar-refractivity contribution in [2.75, 3.05) is 26.1 Å². The van der Waals surface area contributed by atoms with Crippen molar-refractivity contribution < 1.29 is 28.9 Å². The lowest BCUT2D eigenvalue weighted by Gasteiger charge is -2.57. The zero-order valence-corrected chi connectivity index (χ0v) is 20.1. The molecule has 1 saturated heterocycles. The number of hydrogen-bond acceptors (Lipinski definition) is 8. The number of nitrogens with one attached hydrogen (secondary N) is 3. The number of fused-ring (bicyclic) bond motifs is 3. The maximum atomic E-state index is 13.5. The molecule has 33 heavy (non-hydrogen) atoms. The Bertz CT molecular complexity index is 857. The summed E-state index contributed by atoms with van der Waals surface area (Å²) < 4.78 is 24.1. The van der Waals surface area contributed by atoms with Gasteiger partial charge in [0.25, 0.3) is 5.91 Å². The minimum Gasteiger partial charge on any atom is -0.484 e. The van der Waals surface area contributed by atoms with Gasteiger partial charge in [0.05, 0.1) is 34.7 Å². The third kappa shape index (κ3) is 5.58. The summed E-state index contributed by atoms with van der Waals surface area (Å²) in [6.07, 6.45) is 1.60. The molecule has 2 bridgehead atoms. The topological polar surface area (TPSA) is 112 Å². The van der Waals surface area contributed by atoms with Gasteiger partial charge in [0.15, 0.2) is 6.61 Å². The minimum absolute atomic E-state index is 0.0160. The molecule has 4 atom stereocenters. The predicted molar refractivity (Wildman–Crippen MR) is 124 cm³/mol. The zero-order valence-electron chi connectivity index (χ0n) is 18.5. The monoisotopic (exact) mass is 503 g/mol. The van der Waals surface area contributed by atoms with Gasteiger partial charge >= 0.3 is 0 Å². The van der Waals surface area contributed by atoms with Crippen LogP contribution in [0.1, 0.15) is 32.1 Å². The van der Waals surface area contributed by atoms with Crippen LogP contribution >= 0.6 is 23.4 Å². The van der Waals surface area contributed by atoms with E-state index < -0.39 is 23.7 Å². The number of benzene rings is 1. The Morgan fingerprint density at radius 2 is 2.15 bits per heavy atom. The van der Waals surface area contributed by atoms with Crippen LogP contribution in [0.2, 0.25) is 5.02 Å². The number of rotatable bonds is 9. The van der Waals surface area contributed by atoms with Crippen LogP contribution in [-0.4, -0.2) is 77.0 Å².